The van der Waals surface area contributed by atoms with E-state index in [9.17, 15) is 20.3 Å². The van der Waals surface area contributed by atoms with Crippen molar-refractivity contribution >= 4 is 17.8 Å². The summed E-state index contributed by atoms with van der Waals surface area (Å²) in [5.74, 6) is 0.541. The van der Waals surface area contributed by atoms with Crippen LogP contribution >= 0.6 is 0 Å². The van der Waals surface area contributed by atoms with Crippen LogP contribution in [0.25, 0.3) is 12.2 Å². The summed E-state index contributed by atoms with van der Waals surface area (Å²) in [6.07, 6.45) is 9.90. The van der Waals surface area contributed by atoms with Crippen molar-refractivity contribution in [3.05, 3.63) is 69.8 Å². The number of phenolic OH excluding ortho intramolecular Hbond substituents is 2. The molecule has 0 atom stereocenters. The molecule has 2 aromatic carbocycles. The Morgan fingerprint density at radius 3 is 2.46 bits per heavy atom. The molecule has 2 rings (SSSR count). The van der Waals surface area contributed by atoms with Crippen molar-refractivity contribution in [1.82, 2.24) is 0 Å². The van der Waals surface area contributed by atoms with Crippen LogP contribution in [-0.4, -0.2) is 22.2 Å². The van der Waals surface area contributed by atoms with E-state index in [1.54, 1.807) is 18.2 Å². The van der Waals surface area contributed by atoms with Crippen LogP contribution in [0.4, 0.5) is 5.69 Å². The Morgan fingerprint density at radius 1 is 1.08 bits per heavy atom. The standard InChI is InChI=1S/C20H21NO5/c1-26-20-12-9-15(13-19(20)23)7-5-3-2-4-6-8-16-14-17(22)10-11-18(16)21(24)25/h5-14,22-23H,2-4H2,1H3/b7-5+,8-6+. The fourth-order valence-corrected chi connectivity index (χ4v) is 2.44. The molecule has 0 aliphatic carbocycles. The summed E-state index contributed by atoms with van der Waals surface area (Å²) in [6.45, 7) is 0. The van der Waals surface area contributed by atoms with Gasteiger partial charge in [-0.15, -0.1) is 0 Å². The number of methoxy groups -OCH3 is 1. The highest BCUT2D eigenvalue weighted by molar-refractivity contribution is 5.62. The van der Waals surface area contributed by atoms with Gasteiger partial charge in [-0.3, -0.25) is 10.1 Å². The molecule has 2 aromatic rings. The molecule has 6 heteroatoms. The molecular formula is C20H21NO5. The van der Waals surface area contributed by atoms with Gasteiger partial charge in [0.25, 0.3) is 5.69 Å². The number of nitrogens with zero attached hydrogens (tertiary/aromatic N) is 1. The van der Waals surface area contributed by atoms with Gasteiger partial charge in [0.1, 0.15) is 5.75 Å². The van der Waals surface area contributed by atoms with Crippen LogP contribution in [0.3, 0.4) is 0 Å². The maximum atomic E-state index is 11.0. The number of hydrogen-bond acceptors (Lipinski definition) is 5. The van der Waals surface area contributed by atoms with Crippen molar-refractivity contribution in [1.29, 1.82) is 0 Å². The highest BCUT2D eigenvalue weighted by Gasteiger charge is 2.11. The fraction of sp³-hybridized carbons (Fsp3) is 0.200. The second kappa shape index (κ2) is 9.27. The van der Waals surface area contributed by atoms with Gasteiger partial charge >= 0.3 is 0 Å². The van der Waals surface area contributed by atoms with Gasteiger partial charge in [0.2, 0.25) is 0 Å². The van der Waals surface area contributed by atoms with Crippen LogP contribution < -0.4 is 4.74 Å². The molecule has 0 unspecified atom stereocenters. The summed E-state index contributed by atoms with van der Waals surface area (Å²) >= 11 is 0. The summed E-state index contributed by atoms with van der Waals surface area (Å²) in [7, 11) is 1.50. The van der Waals surface area contributed by atoms with Crippen LogP contribution in [0.2, 0.25) is 0 Å². The van der Waals surface area contributed by atoms with Crippen molar-refractivity contribution < 1.29 is 19.9 Å². The SMILES string of the molecule is COc1ccc(/C=C/CCC/C=C/c2cc(O)ccc2[N+](=O)[O-])cc1O. The molecule has 0 aliphatic heterocycles. The molecule has 0 amide bonds. The molecular weight excluding hydrogens is 334 g/mol. The van der Waals surface area contributed by atoms with Crippen molar-refractivity contribution in [2.75, 3.05) is 7.11 Å². The fourth-order valence-electron chi connectivity index (χ4n) is 2.44. The van der Waals surface area contributed by atoms with Gasteiger partial charge in [-0.25, -0.2) is 0 Å². The summed E-state index contributed by atoms with van der Waals surface area (Å²) < 4.78 is 5.00. The smallest absolute Gasteiger partial charge is 0.276 e. The van der Waals surface area contributed by atoms with Crippen LogP contribution in [-0.2, 0) is 0 Å². The molecule has 26 heavy (non-hydrogen) atoms. The van der Waals surface area contributed by atoms with Gasteiger partial charge in [-0.1, -0.05) is 30.4 Å². The van der Waals surface area contributed by atoms with Gasteiger partial charge in [0.05, 0.1) is 17.6 Å². The molecule has 2 N–H and O–H groups in total. The Hall–Kier alpha value is -3.28. The molecule has 0 radical (unpaired) electrons. The summed E-state index contributed by atoms with van der Waals surface area (Å²) in [4.78, 5) is 10.5. The molecule has 0 saturated heterocycles. The maximum Gasteiger partial charge on any atom is 0.276 e. The molecule has 136 valence electrons. The third-order valence-corrected chi connectivity index (χ3v) is 3.76. The Labute approximate surface area is 151 Å². The number of ether oxygens (including phenoxy) is 1. The highest BCUT2D eigenvalue weighted by Crippen LogP contribution is 2.27. The van der Waals surface area contributed by atoms with E-state index in [1.165, 1.54) is 25.3 Å². The van der Waals surface area contributed by atoms with E-state index in [0.29, 0.717) is 11.3 Å². The van der Waals surface area contributed by atoms with Gasteiger partial charge in [0.15, 0.2) is 11.5 Å². The molecule has 0 fully saturated rings. The zero-order valence-electron chi connectivity index (χ0n) is 14.5. The lowest BCUT2D eigenvalue weighted by Crippen LogP contribution is -1.90. The number of aromatic hydroxyl groups is 2. The molecule has 0 spiro atoms. The van der Waals surface area contributed by atoms with Gasteiger partial charge < -0.3 is 14.9 Å². The van der Waals surface area contributed by atoms with Crippen molar-refractivity contribution in [2.24, 2.45) is 0 Å². The average Bonchev–Trinajstić information content (AvgIpc) is 2.61. The number of phenols is 2. The lowest BCUT2D eigenvalue weighted by Gasteiger charge is -2.03. The monoisotopic (exact) mass is 355 g/mol. The average molecular weight is 355 g/mol. The number of unbranched alkanes of at least 4 members (excludes halogenated alkanes) is 2. The number of allylic oxidation sites excluding steroid dienone is 2. The van der Waals surface area contributed by atoms with E-state index in [4.69, 9.17) is 4.74 Å². The van der Waals surface area contributed by atoms with Gasteiger partial charge in [0, 0.05) is 6.07 Å². The maximum absolute atomic E-state index is 11.0. The lowest BCUT2D eigenvalue weighted by molar-refractivity contribution is -0.385. The zero-order valence-corrected chi connectivity index (χ0v) is 14.5. The molecule has 0 bridgehead atoms. The minimum atomic E-state index is -0.466. The van der Waals surface area contributed by atoms with Crippen LogP contribution in [0, 0.1) is 10.1 Å². The van der Waals surface area contributed by atoms with E-state index in [-0.39, 0.29) is 17.2 Å². The van der Waals surface area contributed by atoms with Crippen molar-refractivity contribution in [3.63, 3.8) is 0 Å². The molecule has 0 aromatic heterocycles. The zero-order chi connectivity index (χ0) is 18.9. The quantitative estimate of drug-likeness (QED) is 0.399. The van der Waals surface area contributed by atoms with Crippen molar-refractivity contribution in [2.45, 2.75) is 19.3 Å². The van der Waals surface area contributed by atoms with E-state index in [2.05, 4.69) is 0 Å². The molecule has 0 aliphatic rings. The van der Waals surface area contributed by atoms with Gasteiger partial charge in [-0.2, -0.15) is 0 Å². The highest BCUT2D eigenvalue weighted by atomic mass is 16.6. The first-order chi connectivity index (χ1) is 12.5. The van der Waals surface area contributed by atoms with E-state index in [0.717, 1.165) is 24.8 Å². The minimum Gasteiger partial charge on any atom is -0.508 e. The Kier molecular flexibility index (Phi) is 6.79. The number of nitro groups is 1. The third kappa shape index (κ3) is 5.37. The summed E-state index contributed by atoms with van der Waals surface area (Å²) in [5, 5.41) is 30.1. The normalized spacial score (nSPS) is 11.3. The Morgan fingerprint density at radius 2 is 1.81 bits per heavy atom. The number of hydrogen-bond donors (Lipinski definition) is 2. The Balaban J connectivity index is 1.84. The first kappa shape index (κ1) is 19.1. The largest absolute Gasteiger partial charge is 0.508 e. The number of rotatable bonds is 8. The Bertz CT molecular complexity index is 827. The first-order valence-electron chi connectivity index (χ1n) is 8.18. The van der Waals surface area contributed by atoms with Crippen LogP contribution in [0.5, 0.6) is 17.2 Å². The number of benzene rings is 2. The van der Waals surface area contributed by atoms with E-state index >= 15 is 0 Å². The molecule has 0 saturated carbocycles. The second-order valence-corrected chi connectivity index (χ2v) is 5.67. The van der Waals surface area contributed by atoms with Crippen molar-refractivity contribution in [3.8, 4) is 17.2 Å². The summed E-state index contributed by atoms with van der Waals surface area (Å²) in [6, 6.07) is 9.18. The lowest BCUT2D eigenvalue weighted by atomic mass is 10.1. The second-order valence-electron chi connectivity index (χ2n) is 5.67. The van der Waals surface area contributed by atoms with E-state index in [1.807, 2.05) is 24.3 Å². The van der Waals surface area contributed by atoms with Gasteiger partial charge in [-0.05, 0) is 49.1 Å². The van der Waals surface area contributed by atoms with Crippen LogP contribution in [0.15, 0.2) is 48.6 Å². The first-order valence-corrected chi connectivity index (χ1v) is 8.18. The molecule has 0 heterocycles. The minimum absolute atomic E-state index is 0.000859. The van der Waals surface area contributed by atoms with Crippen LogP contribution in [0.1, 0.15) is 30.4 Å². The summed E-state index contributed by atoms with van der Waals surface area (Å²) in [5.41, 5.74) is 1.24. The third-order valence-electron chi connectivity index (χ3n) is 3.76. The molecule has 6 nitrogen and oxygen atoms in total. The predicted molar refractivity (Wildman–Crippen MR) is 101 cm³/mol. The number of nitro benzene ring substituents is 1. The van der Waals surface area contributed by atoms with E-state index < -0.39 is 4.92 Å². The topological polar surface area (TPSA) is 92.8 Å². The predicted octanol–water partition coefficient (Wildman–Crippen LogP) is 4.91.